The van der Waals surface area contributed by atoms with E-state index in [2.05, 4.69) is 4.98 Å². The van der Waals surface area contributed by atoms with E-state index in [0.717, 1.165) is 11.3 Å². The van der Waals surface area contributed by atoms with Crippen molar-refractivity contribution in [2.75, 3.05) is 6.61 Å². The number of aromatic carboxylic acids is 1. The monoisotopic (exact) mass is 297 g/mol. The number of hydrogen-bond acceptors (Lipinski definition) is 5. The number of hydrogen-bond donors (Lipinski definition) is 1. The number of carboxylic acid groups (broad SMARTS) is 1. The maximum Gasteiger partial charge on any atom is 0.355 e. The SMILES string of the molecule is O=C(O)c1csc(C(=O)COc2ccc(Cl)cc2)n1. The number of aromatic nitrogens is 1. The van der Waals surface area contributed by atoms with E-state index in [9.17, 15) is 9.59 Å². The largest absolute Gasteiger partial charge is 0.485 e. The van der Waals surface area contributed by atoms with Crippen molar-refractivity contribution in [1.29, 1.82) is 0 Å². The van der Waals surface area contributed by atoms with Crippen molar-refractivity contribution >= 4 is 34.7 Å². The third-order valence-electron chi connectivity index (χ3n) is 2.15. The molecule has 19 heavy (non-hydrogen) atoms. The molecule has 0 unspecified atom stereocenters. The molecule has 1 heterocycles. The Morgan fingerprint density at radius 3 is 2.58 bits per heavy atom. The van der Waals surface area contributed by atoms with Gasteiger partial charge in [-0.2, -0.15) is 0 Å². The Morgan fingerprint density at radius 2 is 2.00 bits per heavy atom. The molecule has 0 radical (unpaired) electrons. The summed E-state index contributed by atoms with van der Waals surface area (Å²) >= 11 is 6.70. The maximum atomic E-state index is 11.7. The fourth-order valence-electron chi connectivity index (χ4n) is 1.24. The van der Waals surface area contributed by atoms with Crippen LogP contribution in [-0.2, 0) is 0 Å². The van der Waals surface area contributed by atoms with Crippen LogP contribution in [-0.4, -0.2) is 28.4 Å². The van der Waals surface area contributed by atoms with Gasteiger partial charge in [0.05, 0.1) is 0 Å². The Kier molecular flexibility index (Phi) is 4.13. The second-order valence-electron chi connectivity index (χ2n) is 3.51. The lowest BCUT2D eigenvalue weighted by molar-refractivity contribution is 0.0691. The lowest BCUT2D eigenvalue weighted by atomic mass is 10.3. The molecule has 1 aromatic carbocycles. The summed E-state index contributed by atoms with van der Waals surface area (Å²) in [5.41, 5.74) is -0.139. The highest BCUT2D eigenvalue weighted by Crippen LogP contribution is 2.16. The van der Waals surface area contributed by atoms with Crippen LogP contribution in [0.1, 0.15) is 20.3 Å². The first-order valence-electron chi connectivity index (χ1n) is 5.16. The number of thiazole rings is 1. The van der Waals surface area contributed by atoms with Crippen LogP contribution in [0.2, 0.25) is 5.02 Å². The molecule has 0 saturated heterocycles. The fraction of sp³-hybridized carbons (Fsp3) is 0.0833. The maximum absolute atomic E-state index is 11.7. The number of benzene rings is 1. The highest BCUT2D eigenvalue weighted by Gasteiger charge is 2.15. The lowest BCUT2D eigenvalue weighted by Gasteiger charge is -2.03. The normalized spacial score (nSPS) is 10.2. The van der Waals surface area contributed by atoms with E-state index in [-0.39, 0.29) is 23.1 Å². The molecular weight excluding hydrogens is 290 g/mol. The number of carbonyl (C=O) groups excluding carboxylic acids is 1. The summed E-state index contributed by atoms with van der Waals surface area (Å²) in [6, 6.07) is 6.57. The molecule has 5 nitrogen and oxygen atoms in total. The molecule has 98 valence electrons. The van der Waals surface area contributed by atoms with Crippen molar-refractivity contribution < 1.29 is 19.4 Å². The first-order valence-corrected chi connectivity index (χ1v) is 6.42. The van der Waals surface area contributed by atoms with Gasteiger partial charge in [-0.1, -0.05) is 11.6 Å². The molecule has 0 saturated carbocycles. The number of Topliss-reactive ketones (excluding diaryl/α,β-unsaturated/α-hetero) is 1. The van der Waals surface area contributed by atoms with Crippen LogP contribution < -0.4 is 4.74 Å². The molecule has 2 aromatic rings. The van der Waals surface area contributed by atoms with Crippen LogP contribution >= 0.6 is 22.9 Å². The highest BCUT2D eigenvalue weighted by atomic mass is 35.5. The summed E-state index contributed by atoms with van der Waals surface area (Å²) in [4.78, 5) is 26.1. The standard InChI is InChI=1S/C12H8ClNO4S/c13-7-1-3-8(4-2-7)18-5-10(15)11-14-9(6-19-11)12(16)17/h1-4,6H,5H2,(H,16,17). The van der Waals surface area contributed by atoms with Gasteiger partial charge in [0.1, 0.15) is 5.75 Å². The third kappa shape index (κ3) is 3.52. The average Bonchev–Trinajstić information content (AvgIpc) is 2.87. The van der Waals surface area contributed by atoms with Gasteiger partial charge in [0.25, 0.3) is 0 Å². The van der Waals surface area contributed by atoms with Crippen LogP contribution in [0.5, 0.6) is 5.75 Å². The highest BCUT2D eigenvalue weighted by molar-refractivity contribution is 7.12. The van der Waals surface area contributed by atoms with Gasteiger partial charge in [-0.05, 0) is 24.3 Å². The molecule has 0 atom stereocenters. The van der Waals surface area contributed by atoms with E-state index in [4.69, 9.17) is 21.4 Å². The van der Waals surface area contributed by atoms with Crippen LogP contribution in [0.15, 0.2) is 29.6 Å². The number of carboxylic acids is 1. The van der Waals surface area contributed by atoms with Crippen molar-refractivity contribution in [1.82, 2.24) is 4.98 Å². The molecule has 1 N–H and O–H groups in total. The Balaban J connectivity index is 1.97. The zero-order valence-electron chi connectivity index (χ0n) is 9.50. The molecule has 0 aliphatic rings. The Morgan fingerprint density at radius 1 is 1.32 bits per heavy atom. The van der Waals surface area contributed by atoms with Crippen molar-refractivity contribution in [2.45, 2.75) is 0 Å². The van der Waals surface area contributed by atoms with Crippen molar-refractivity contribution in [3.05, 3.63) is 45.4 Å². The van der Waals surface area contributed by atoms with Crippen LogP contribution in [0.3, 0.4) is 0 Å². The molecule has 0 aliphatic heterocycles. The average molecular weight is 298 g/mol. The number of halogens is 1. The summed E-state index contributed by atoms with van der Waals surface area (Å²) in [6.07, 6.45) is 0. The number of nitrogens with zero attached hydrogens (tertiary/aromatic N) is 1. The molecule has 2 rings (SSSR count). The predicted molar refractivity (Wildman–Crippen MR) is 70.4 cm³/mol. The predicted octanol–water partition coefficient (Wildman–Crippen LogP) is 2.76. The summed E-state index contributed by atoms with van der Waals surface area (Å²) in [5.74, 6) is -1.02. The van der Waals surface area contributed by atoms with E-state index in [1.807, 2.05) is 0 Å². The van der Waals surface area contributed by atoms with E-state index in [1.54, 1.807) is 24.3 Å². The van der Waals surface area contributed by atoms with Gasteiger partial charge in [0.2, 0.25) is 5.78 Å². The van der Waals surface area contributed by atoms with Gasteiger partial charge in [-0.25, -0.2) is 9.78 Å². The second kappa shape index (κ2) is 5.81. The van der Waals surface area contributed by atoms with E-state index in [1.165, 1.54) is 5.38 Å². The van der Waals surface area contributed by atoms with Crippen LogP contribution in [0.4, 0.5) is 0 Å². The topological polar surface area (TPSA) is 76.5 Å². The second-order valence-corrected chi connectivity index (χ2v) is 4.80. The number of ketones is 1. The van der Waals surface area contributed by atoms with Gasteiger partial charge >= 0.3 is 5.97 Å². The number of ether oxygens (including phenoxy) is 1. The molecule has 0 aliphatic carbocycles. The van der Waals surface area contributed by atoms with Crippen molar-refractivity contribution in [3.63, 3.8) is 0 Å². The zero-order chi connectivity index (χ0) is 13.8. The van der Waals surface area contributed by atoms with Gasteiger partial charge in [0, 0.05) is 10.4 Å². The van der Waals surface area contributed by atoms with Crippen LogP contribution in [0, 0.1) is 0 Å². The van der Waals surface area contributed by atoms with Gasteiger partial charge < -0.3 is 9.84 Å². The summed E-state index contributed by atoms with van der Waals surface area (Å²) in [7, 11) is 0. The van der Waals surface area contributed by atoms with E-state index in [0.29, 0.717) is 10.8 Å². The molecule has 0 amide bonds. The van der Waals surface area contributed by atoms with Crippen molar-refractivity contribution in [3.8, 4) is 5.75 Å². The van der Waals surface area contributed by atoms with Gasteiger partial charge in [-0.3, -0.25) is 4.79 Å². The summed E-state index contributed by atoms with van der Waals surface area (Å²) < 4.78 is 5.26. The van der Waals surface area contributed by atoms with Gasteiger partial charge in [0.15, 0.2) is 17.3 Å². The number of carbonyl (C=O) groups is 2. The molecule has 0 spiro atoms. The van der Waals surface area contributed by atoms with Crippen LogP contribution in [0.25, 0.3) is 0 Å². The minimum absolute atomic E-state index is 0.117. The van der Waals surface area contributed by atoms with E-state index < -0.39 is 5.97 Å². The first-order chi connectivity index (χ1) is 9.06. The van der Waals surface area contributed by atoms with Crippen molar-refractivity contribution in [2.24, 2.45) is 0 Å². The summed E-state index contributed by atoms with van der Waals surface area (Å²) in [6.45, 7) is -0.200. The fourth-order valence-corrected chi connectivity index (χ4v) is 2.09. The molecule has 7 heteroatoms. The Labute approximate surface area is 117 Å². The smallest absolute Gasteiger partial charge is 0.355 e. The van der Waals surface area contributed by atoms with Gasteiger partial charge in [-0.15, -0.1) is 11.3 Å². The minimum Gasteiger partial charge on any atom is -0.485 e. The zero-order valence-corrected chi connectivity index (χ0v) is 11.1. The number of rotatable bonds is 5. The lowest BCUT2D eigenvalue weighted by Crippen LogP contribution is -2.11. The first kappa shape index (κ1) is 13.5. The molecular formula is C12H8ClNO4S. The summed E-state index contributed by atoms with van der Waals surface area (Å²) in [5, 5.41) is 10.7. The molecule has 0 fully saturated rings. The van der Waals surface area contributed by atoms with E-state index >= 15 is 0 Å². The third-order valence-corrected chi connectivity index (χ3v) is 3.28. The quantitative estimate of drug-likeness (QED) is 0.859. The minimum atomic E-state index is -1.16. The molecule has 1 aromatic heterocycles. The molecule has 0 bridgehead atoms. The Bertz CT molecular complexity index is 608. The Hall–Kier alpha value is -1.92.